The van der Waals surface area contributed by atoms with Gasteiger partial charge in [0, 0.05) is 0 Å². The molecular weight excluding hydrogens is 242 g/mol. The maximum Gasteiger partial charge on any atom is 0.516 e. The first-order valence-electron chi connectivity index (χ1n) is 5.09. The van der Waals surface area contributed by atoms with Crippen molar-refractivity contribution in [1.82, 2.24) is 15.0 Å². The number of methoxy groups -OCH3 is 2. The number of rotatable bonds is 3. The molecule has 0 aliphatic heterocycles. The van der Waals surface area contributed by atoms with Crippen molar-refractivity contribution in [1.29, 1.82) is 0 Å². The van der Waals surface area contributed by atoms with E-state index in [9.17, 15) is 4.79 Å². The van der Waals surface area contributed by atoms with E-state index in [1.54, 1.807) is 20.8 Å². The number of ether oxygens (including phenoxy) is 4. The topological polar surface area (TPSA) is 92.7 Å². The summed E-state index contributed by atoms with van der Waals surface area (Å²) in [5.41, 5.74) is -0.668. The van der Waals surface area contributed by atoms with Crippen molar-refractivity contribution in [2.75, 3.05) is 14.2 Å². The Bertz CT molecular complexity index is 408. The summed E-state index contributed by atoms with van der Waals surface area (Å²) in [6.45, 7) is 5.13. The fourth-order valence-corrected chi connectivity index (χ4v) is 0.894. The van der Waals surface area contributed by atoms with Crippen molar-refractivity contribution >= 4 is 6.16 Å². The van der Waals surface area contributed by atoms with E-state index in [1.807, 2.05) is 0 Å². The summed E-state index contributed by atoms with van der Waals surface area (Å²) in [7, 11) is 2.73. The van der Waals surface area contributed by atoms with Gasteiger partial charge < -0.3 is 18.9 Å². The zero-order chi connectivity index (χ0) is 13.8. The number of aromatic nitrogens is 3. The highest BCUT2D eigenvalue weighted by Gasteiger charge is 2.20. The number of nitrogens with zero attached hydrogens (tertiary/aromatic N) is 3. The van der Waals surface area contributed by atoms with Gasteiger partial charge in [0.05, 0.1) is 14.2 Å². The summed E-state index contributed by atoms with van der Waals surface area (Å²) in [6.07, 6.45) is -0.919. The van der Waals surface area contributed by atoms with Crippen LogP contribution < -0.4 is 14.2 Å². The summed E-state index contributed by atoms with van der Waals surface area (Å²) in [4.78, 5) is 22.6. The van der Waals surface area contributed by atoms with Gasteiger partial charge in [0.1, 0.15) is 5.60 Å². The minimum absolute atomic E-state index is 0.0274. The highest BCUT2D eigenvalue weighted by atomic mass is 16.7. The van der Waals surface area contributed by atoms with Gasteiger partial charge in [-0.15, -0.1) is 15.0 Å². The molecule has 0 saturated carbocycles. The van der Waals surface area contributed by atoms with E-state index in [0.29, 0.717) is 0 Å². The Hall–Kier alpha value is -2.12. The number of carbonyl (C=O) groups excluding carboxylic acids is 1. The van der Waals surface area contributed by atoms with E-state index in [-0.39, 0.29) is 18.0 Å². The molecule has 0 amide bonds. The Morgan fingerprint density at radius 1 is 0.944 bits per heavy atom. The lowest BCUT2D eigenvalue weighted by molar-refractivity contribution is 0.0184. The normalized spacial score (nSPS) is 10.7. The molecule has 0 aliphatic carbocycles. The van der Waals surface area contributed by atoms with Crippen LogP contribution in [0.3, 0.4) is 0 Å². The van der Waals surface area contributed by atoms with E-state index in [1.165, 1.54) is 14.2 Å². The first kappa shape index (κ1) is 13.9. The monoisotopic (exact) mass is 257 g/mol. The van der Waals surface area contributed by atoms with Gasteiger partial charge in [-0.1, -0.05) is 0 Å². The maximum absolute atomic E-state index is 11.4. The fourth-order valence-electron chi connectivity index (χ4n) is 0.894. The van der Waals surface area contributed by atoms with Crippen LogP contribution in [0.4, 0.5) is 4.79 Å². The predicted molar refractivity (Wildman–Crippen MR) is 59.8 cm³/mol. The Balaban J connectivity index is 2.80. The lowest BCUT2D eigenvalue weighted by atomic mass is 10.2. The number of hydrogen-bond acceptors (Lipinski definition) is 8. The predicted octanol–water partition coefficient (Wildman–Crippen LogP) is 1.20. The molecule has 0 unspecified atom stereocenters. The third kappa shape index (κ3) is 4.40. The molecule has 0 aromatic carbocycles. The molecule has 1 rings (SSSR count). The van der Waals surface area contributed by atoms with E-state index in [0.717, 1.165) is 0 Å². The molecule has 8 heteroatoms. The molecule has 1 aromatic heterocycles. The summed E-state index contributed by atoms with van der Waals surface area (Å²) < 4.78 is 19.3. The molecule has 18 heavy (non-hydrogen) atoms. The lowest BCUT2D eigenvalue weighted by Crippen LogP contribution is -2.26. The second-order valence-corrected chi connectivity index (χ2v) is 4.16. The van der Waals surface area contributed by atoms with Crippen molar-refractivity contribution in [3.8, 4) is 18.0 Å². The minimum Gasteiger partial charge on any atom is -0.467 e. The first-order chi connectivity index (χ1) is 8.34. The van der Waals surface area contributed by atoms with Crippen LogP contribution in [0.2, 0.25) is 0 Å². The Morgan fingerprint density at radius 2 is 1.39 bits per heavy atom. The fraction of sp³-hybridized carbons (Fsp3) is 0.600. The first-order valence-corrected chi connectivity index (χ1v) is 5.09. The van der Waals surface area contributed by atoms with Gasteiger partial charge in [0.15, 0.2) is 0 Å². The standard InChI is InChI=1S/C10H15N3O5/c1-10(2,3)18-9(14)17-8-12-6(15-4)11-7(13-8)16-5/h1-5H3. The summed E-state index contributed by atoms with van der Waals surface area (Å²) in [5, 5.41) is 0. The molecule has 0 N–H and O–H groups in total. The van der Waals surface area contributed by atoms with E-state index >= 15 is 0 Å². The molecule has 0 atom stereocenters. The SMILES string of the molecule is COc1nc(OC)nc(OC(=O)OC(C)(C)C)n1. The van der Waals surface area contributed by atoms with Gasteiger partial charge in [-0.2, -0.15) is 0 Å². The maximum atomic E-state index is 11.4. The quantitative estimate of drug-likeness (QED) is 0.746. The van der Waals surface area contributed by atoms with Gasteiger partial charge in [0.25, 0.3) is 0 Å². The van der Waals surface area contributed by atoms with Gasteiger partial charge in [-0.05, 0) is 20.8 Å². The molecule has 1 aromatic rings. The second-order valence-electron chi connectivity index (χ2n) is 4.16. The lowest BCUT2D eigenvalue weighted by Gasteiger charge is -2.18. The molecule has 0 bridgehead atoms. The van der Waals surface area contributed by atoms with Crippen molar-refractivity contribution < 1.29 is 23.7 Å². The van der Waals surface area contributed by atoms with Crippen molar-refractivity contribution in [3.05, 3.63) is 0 Å². The molecule has 8 nitrogen and oxygen atoms in total. The second kappa shape index (κ2) is 5.48. The zero-order valence-corrected chi connectivity index (χ0v) is 10.9. The molecule has 0 saturated heterocycles. The van der Waals surface area contributed by atoms with E-state index in [4.69, 9.17) is 18.9 Å². The van der Waals surface area contributed by atoms with Crippen molar-refractivity contribution in [3.63, 3.8) is 0 Å². The molecule has 0 fully saturated rings. The largest absolute Gasteiger partial charge is 0.516 e. The van der Waals surface area contributed by atoms with Crippen LogP contribution in [0, 0.1) is 0 Å². The third-order valence-electron chi connectivity index (χ3n) is 1.50. The number of carbonyl (C=O) groups is 1. The Morgan fingerprint density at radius 3 is 1.78 bits per heavy atom. The average Bonchev–Trinajstić information content (AvgIpc) is 2.25. The molecule has 0 aliphatic rings. The van der Waals surface area contributed by atoms with Crippen LogP contribution in [-0.4, -0.2) is 40.9 Å². The Kier molecular flexibility index (Phi) is 4.24. The van der Waals surface area contributed by atoms with Gasteiger partial charge in [0.2, 0.25) is 0 Å². The summed E-state index contributed by atoms with van der Waals surface area (Å²) in [5.74, 6) is 0. The molecular formula is C10H15N3O5. The van der Waals surface area contributed by atoms with Gasteiger partial charge >= 0.3 is 24.2 Å². The minimum atomic E-state index is -0.919. The average molecular weight is 257 g/mol. The third-order valence-corrected chi connectivity index (χ3v) is 1.50. The van der Waals surface area contributed by atoms with Crippen molar-refractivity contribution in [2.24, 2.45) is 0 Å². The Labute approximate surface area is 104 Å². The van der Waals surface area contributed by atoms with Crippen LogP contribution in [0.25, 0.3) is 0 Å². The van der Waals surface area contributed by atoms with Crippen LogP contribution in [0.15, 0.2) is 0 Å². The smallest absolute Gasteiger partial charge is 0.467 e. The molecule has 0 spiro atoms. The number of hydrogen-bond donors (Lipinski definition) is 0. The summed E-state index contributed by atoms with van der Waals surface area (Å²) >= 11 is 0. The molecule has 1 heterocycles. The van der Waals surface area contributed by atoms with Crippen LogP contribution in [-0.2, 0) is 4.74 Å². The van der Waals surface area contributed by atoms with E-state index < -0.39 is 11.8 Å². The highest BCUT2D eigenvalue weighted by Crippen LogP contribution is 2.15. The van der Waals surface area contributed by atoms with Crippen LogP contribution in [0.5, 0.6) is 18.0 Å². The van der Waals surface area contributed by atoms with Gasteiger partial charge in [-0.3, -0.25) is 0 Å². The van der Waals surface area contributed by atoms with E-state index in [2.05, 4.69) is 15.0 Å². The van der Waals surface area contributed by atoms with Crippen LogP contribution in [0.1, 0.15) is 20.8 Å². The van der Waals surface area contributed by atoms with Crippen LogP contribution >= 0.6 is 0 Å². The molecule has 100 valence electrons. The highest BCUT2D eigenvalue weighted by molar-refractivity contribution is 5.63. The van der Waals surface area contributed by atoms with Crippen molar-refractivity contribution in [2.45, 2.75) is 26.4 Å². The summed E-state index contributed by atoms with van der Waals surface area (Å²) in [6, 6.07) is -0.311. The van der Waals surface area contributed by atoms with Gasteiger partial charge in [-0.25, -0.2) is 4.79 Å². The molecule has 0 radical (unpaired) electrons. The zero-order valence-electron chi connectivity index (χ0n) is 10.9.